The Balaban J connectivity index is 1.15. The monoisotopic (exact) mass is 675 g/mol. The summed E-state index contributed by atoms with van der Waals surface area (Å²) in [7, 11) is 0. The molecular weight excluding hydrogens is 643 g/mol. The second kappa shape index (κ2) is 12.9. The molecule has 0 bridgehead atoms. The van der Waals surface area contributed by atoms with Crippen LogP contribution in [0.2, 0.25) is 0 Å². The Morgan fingerprint density at radius 1 is 0.340 bits per heavy atom. The molecule has 2 aromatic heterocycles. The lowest BCUT2D eigenvalue weighted by Crippen LogP contribution is -1.98. The second-order valence-corrected chi connectivity index (χ2v) is 13.4. The number of nitrogens with zero attached hydrogens (tertiary/aromatic N) is 3. The van der Waals surface area contributed by atoms with Gasteiger partial charge >= 0.3 is 0 Å². The number of hydrogen-bond donors (Lipinski definition) is 0. The lowest BCUT2D eigenvalue weighted by atomic mass is 9.85. The highest BCUT2D eigenvalue weighted by atomic mass is 15.1. The van der Waals surface area contributed by atoms with Crippen LogP contribution in [0.1, 0.15) is 0 Å². The lowest BCUT2D eigenvalue weighted by Gasteiger charge is -2.19. The summed E-state index contributed by atoms with van der Waals surface area (Å²) >= 11 is 0. The van der Waals surface area contributed by atoms with Crippen molar-refractivity contribution in [2.75, 3.05) is 0 Å². The van der Waals surface area contributed by atoms with E-state index >= 15 is 0 Å². The third-order valence-electron chi connectivity index (χ3n) is 10.3. The van der Waals surface area contributed by atoms with E-state index in [1.54, 1.807) is 0 Å². The van der Waals surface area contributed by atoms with E-state index in [4.69, 9.17) is 4.98 Å². The number of benzene rings is 8. The van der Waals surface area contributed by atoms with Crippen molar-refractivity contribution in [3.63, 3.8) is 0 Å². The Morgan fingerprint density at radius 2 is 0.830 bits per heavy atom. The molecule has 0 spiro atoms. The first-order chi connectivity index (χ1) is 26.3. The molecule has 0 amide bonds. The minimum absolute atomic E-state index is 0.922. The summed E-state index contributed by atoms with van der Waals surface area (Å²) in [4.78, 5) is 9.42. The van der Waals surface area contributed by atoms with Crippen molar-refractivity contribution in [3.05, 3.63) is 200 Å². The quantitative estimate of drug-likeness (QED) is 0.164. The van der Waals surface area contributed by atoms with Crippen molar-refractivity contribution in [2.24, 2.45) is 0 Å². The predicted molar refractivity (Wildman–Crippen MR) is 221 cm³/mol. The van der Waals surface area contributed by atoms with Gasteiger partial charge < -0.3 is 0 Å². The van der Waals surface area contributed by atoms with E-state index in [-0.39, 0.29) is 0 Å². The SMILES string of the molecule is c1ccc(-c2ccc(-c3nc4ccccc4n3-c3ccc(-c4c5ccccc5c(-c5ccccc5)c5cc(-c6ccncc6)ccc45)cc3)cc2)cc1. The minimum atomic E-state index is 0.922. The molecule has 0 unspecified atom stereocenters. The molecule has 248 valence electrons. The number of para-hydroxylation sites is 2. The van der Waals surface area contributed by atoms with E-state index in [0.717, 1.165) is 33.7 Å². The molecule has 0 aliphatic heterocycles. The first-order valence-corrected chi connectivity index (χ1v) is 18.0. The summed E-state index contributed by atoms with van der Waals surface area (Å²) < 4.78 is 2.28. The minimum Gasteiger partial charge on any atom is -0.292 e. The molecule has 0 fully saturated rings. The van der Waals surface area contributed by atoms with Gasteiger partial charge in [-0.25, -0.2) is 4.98 Å². The summed E-state index contributed by atoms with van der Waals surface area (Å²) in [5.74, 6) is 0.922. The van der Waals surface area contributed by atoms with Gasteiger partial charge in [0.2, 0.25) is 0 Å². The van der Waals surface area contributed by atoms with E-state index in [9.17, 15) is 0 Å². The maximum Gasteiger partial charge on any atom is 0.145 e. The molecule has 0 atom stereocenters. The molecule has 0 N–H and O–H groups in total. The van der Waals surface area contributed by atoms with Gasteiger partial charge in [-0.15, -0.1) is 0 Å². The molecule has 0 radical (unpaired) electrons. The Bertz CT molecular complexity index is 2890. The molecule has 0 aliphatic rings. The summed E-state index contributed by atoms with van der Waals surface area (Å²) in [6.45, 7) is 0. The molecular formula is C50H33N3. The highest BCUT2D eigenvalue weighted by Crippen LogP contribution is 2.45. The normalized spacial score (nSPS) is 11.4. The van der Waals surface area contributed by atoms with E-state index < -0.39 is 0 Å². The zero-order valence-electron chi connectivity index (χ0n) is 28.9. The van der Waals surface area contributed by atoms with E-state index in [2.05, 4.69) is 198 Å². The highest BCUT2D eigenvalue weighted by Gasteiger charge is 2.19. The van der Waals surface area contributed by atoms with Gasteiger partial charge in [-0.05, 0) is 109 Å². The predicted octanol–water partition coefficient (Wildman–Crippen LogP) is 13.1. The molecule has 0 saturated heterocycles. The zero-order valence-corrected chi connectivity index (χ0v) is 28.9. The van der Waals surface area contributed by atoms with Crippen LogP contribution in [-0.4, -0.2) is 14.5 Å². The Kier molecular flexibility index (Phi) is 7.47. The Morgan fingerprint density at radius 3 is 1.55 bits per heavy atom. The number of aromatic nitrogens is 3. The van der Waals surface area contributed by atoms with Gasteiger partial charge in [-0.3, -0.25) is 9.55 Å². The standard InChI is InChI=1S/C50H33N3/c1-3-11-34(12-4-1)35-19-21-39(22-20-35)50-52-46-17-9-10-18-47(46)53(50)41-26-23-38(24-27-41)48-42-15-7-8-16-43(42)49(37-13-5-2-6-14-37)45-33-40(25-28-44(45)48)36-29-31-51-32-30-36/h1-33H. The second-order valence-electron chi connectivity index (χ2n) is 13.4. The lowest BCUT2D eigenvalue weighted by molar-refractivity contribution is 1.10. The van der Waals surface area contributed by atoms with Crippen molar-refractivity contribution in [1.29, 1.82) is 0 Å². The van der Waals surface area contributed by atoms with Gasteiger partial charge in [-0.1, -0.05) is 146 Å². The van der Waals surface area contributed by atoms with Crippen LogP contribution >= 0.6 is 0 Å². The van der Waals surface area contributed by atoms with E-state index in [1.165, 1.54) is 60.5 Å². The van der Waals surface area contributed by atoms with Crippen LogP contribution < -0.4 is 0 Å². The van der Waals surface area contributed by atoms with Crippen LogP contribution in [-0.2, 0) is 0 Å². The highest BCUT2D eigenvalue weighted by molar-refractivity contribution is 6.22. The summed E-state index contributed by atoms with van der Waals surface area (Å²) in [5.41, 5.74) is 13.8. The maximum absolute atomic E-state index is 5.15. The van der Waals surface area contributed by atoms with Crippen LogP contribution in [0.25, 0.3) is 94.2 Å². The summed E-state index contributed by atoms with van der Waals surface area (Å²) in [6.07, 6.45) is 3.72. The molecule has 2 heterocycles. The first kappa shape index (κ1) is 30.7. The number of pyridine rings is 1. The molecule has 8 aromatic carbocycles. The molecule has 10 aromatic rings. The van der Waals surface area contributed by atoms with Crippen molar-refractivity contribution < 1.29 is 0 Å². The third kappa shape index (κ3) is 5.38. The molecule has 53 heavy (non-hydrogen) atoms. The van der Waals surface area contributed by atoms with Gasteiger partial charge in [0, 0.05) is 23.6 Å². The molecule has 3 heteroatoms. The fraction of sp³-hybridized carbons (Fsp3) is 0. The van der Waals surface area contributed by atoms with Crippen molar-refractivity contribution >= 4 is 32.6 Å². The number of imidazole rings is 1. The average Bonchev–Trinajstić information content (AvgIpc) is 3.63. The summed E-state index contributed by atoms with van der Waals surface area (Å²) in [6, 6.07) is 67.3. The Labute approximate surface area is 308 Å². The fourth-order valence-corrected chi connectivity index (χ4v) is 7.83. The molecule has 3 nitrogen and oxygen atoms in total. The average molecular weight is 676 g/mol. The molecule has 10 rings (SSSR count). The van der Waals surface area contributed by atoms with Crippen molar-refractivity contribution in [2.45, 2.75) is 0 Å². The van der Waals surface area contributed by atoms with Gasteiger partial charge in [0.1, 0.15) is 5.82 Å². The summed E-state index contributed by atoms with van der Waals surface area (Å²) in [5, 5.41) is 4.92. The van der Waals surface area contributed by atoms with Crippen LogP contribution in [0.15, 0.2) is 200 Å². The van der Waals surface area contributed by atoms with Gasteiger partial charge in [0.05, 0.1) is 11.0 Å². The smallest absolute Gasteiger partial charge is 0.145 e. The van der Waals surface area contributed by atoms with E-state index in [0.29, 0.717) is 0 Å². The topological polar surface area (TPSA) is 30.7 Å². The first-order valence-electron chi connectivity index (χ1n) is 18.0. The fourth-order valence-electron chi connectivity index (χ4n) is 7.83. The van der Waals surface area contributed by atoms with Crippen LogP contribution in [0.3, 0.4) is 0 Å². The van der Waals surface area contributed by atoms with Crippen LogP contribution in [0.4, 0.5) is 0 Å². The van der Waals surface area contributed by atoms with Gasteiger partial charge in [0.25, 0.3) is 0 Å². The van der Waals surface area contributed by atoms with Gasteiger partial charge in [0.15, 0.2) is 0 Å². The van der Waals surface area contributed by atoms with Crippen molar-refractivity contribution in [1.82, 2.24) is 14.5 Å². The van der Waals surface area contributed by atoms with Crippen LogP contribution in [0.5, 0.6) is 0 Å². The molecule has 0 aliphatic carbocycles. The molecule has 0 saturated carbocycles. The zero-order chi connectivity index (χ0) is 35.1. The largest absolute Gasteiger partial charge is 0.292 e. The van der Waals surface area contributed by atoms with Gasteiger partial charge in [-0.2, -0.15) is 0 Å². The number of hydrogen-bond acceptors (Lipinski definition) is 2. The maximum atomic E-state index is 5.15. The number of rotatable bonds is 6. The van der Waals surface area contributed by atoms with Crippen LogP contribution in [0, 0.1) is 0 Å². The third-order valence-corrected chi connectivity index (χ3v) is 10.3. The van der Waals surface area contributed by atoms with E-state index in [1.807, 2.05) is 12.4 Å². The van der Waals surface area contributed by atoms with Crippen molar-refractivity contribution in [3.8, 4) is 61.6 Å². The Hall–Kier alpha value is -7.10. The number of fused-ring (bicyclic) bond motifs is 3.